The molecule has 0 aliphatic carbocycles. The van der Waals surface area contributed by atoms with E-state index in [1.165, 1.54) is 34.0 Å². The minimum atomic E-state index is -3.40. The first kappa shape index (κ1) is 23.2. The predicted molar refractivity (Wildman–Crippen MR) is 121 cm³/mol. The average molecular weight is 483 g/mol. The standard InChI is InChI=1S/C21H27FN4O4S2/c1-14-19(15-4-6-16(22)7-5-15)24-20(31-14)23-18(28)13-25-11-9-21(17(27)12-25)8-3-10-26(21)32(2,29)30/h4-7,17,27H,3,8-13H2,1-2H3,(H,23,24,28)/t17-,21-/m0/s1. The lowest BCUT2D eigenvalue weighted by Gasteiger charge is -2.47. The van der Waals surface area contributed by atoms with Gasteiger partial charge in [0.1, 0.15) is 5.82 Å². The number of amides is 1. The number of carbonyl (C=O) groups excluding carboxylic acids is 1. The van der Waals surface area contributed by atoms with Crippen molar-refractivity contribution in [2.24, 2.45) is 0 Å². The molecule has 8 nitrogen and oxygen atoms in total. The number of hydrogen-bond donors (Lipinski definition) is 2. The Morgan fingerprint density at radius 3 is 2.69 bits per heavy atom. The highest BCUT2D eigenvalue weighted by molar-refractivity contribution is 7.88. The number of β-amino-alcohol motifs (C(OH)–C–C–N with tert-alkyl or cyclic N) is 1. The maximum absolute atomic E-state index is 13.2. The lowest BCUT2D eigenvalue weighted by molar-refractivity contribution is -0.119. The highest BCUT2D eigenvalue weighted by atomic mass is 32.2. The molecule has 174 valence electrons. The summed E-state index contributed by atoms with van der Waals surface area (Å²) in [6, 6.07) is 6.04. The van der Waals surface area contributed by atoms with Crippen LogP contribution in [0.15, 0.2) is 24.3 Å². The number of aliphatic hydroxyl groups is 1. The maximum Gasteiger partial charge on any atom is 0.240 e. The van der Waals surface area contributed by atoms with Crippen LogP contribution in [0.5, 0.6) is 0 Å². The lowest BCUT2D eigenvalue weighted by atomic mass is 9.83. The first-order valence-corrected chi connectivity index (χ1v) is 13.2. The number of aryl methyl sites for hydroxylation is 1. The summed E-state index contributed by atoms with van der Waals surface area (Å²) in [5.74, 6) is -0.572. The number of nitrogens with zero attached hydrogens (tertiary/aromatic N) is 3. The molecule has 2 saturated heterocycles. The molecule has 1 amide bonds. The van der Waals surface area contributed by atoms with Crippen molar-refractivity contribution >= 4 is 32.4 Å². The first-order chi connectivity index (χ1) is 15.1. The molecule has 2 fully saturated rings. The molecular formula is C21H27FN4O4S2. The Kier molecular flexibility index (Phi) is 6.38. The van der Waals surface area contributed by atoms with Gasteiger partial charge in [-0.15, -0.1) is 11.3 Å². The minimum Gasteiger partial charge on any atom is -0.390 e. The SMILES string of the molecule is Cc1sc(NC(=O)CN2CC[C@@]3(CCCN3S(C)(=O)=O)[C@@H](O)C2)nc1-c1ccc(F)cc1. The smallest absolute Gasteiger partial charge is 0.240 e. The van der Waals surface area contributed by atoms with E-state index in [9.17, 15) is 22.7 Å². The monoisotopic (exact) mass is 482 g/mol. The number of aliphatic hydroxyl groups excluding tert-OH is 1. The van der Waals surface area contributed by atoms with Crippen LogP contribution >= 0.6 is 11.3 Å². The van der Waals surface area contributed by atoms with Gasteiger partial charge < -0.3 is 10.4 Å². The molecule has 2 N–H and O–H groups in total. The average Bonchev–Trinajstić information content (AvgIpc) is 3.30. The summed E-state index contributed by atoms with van der Waals surface area (Å²) in [5, 5.41) is 14.1. The van der Waals surface area contributed by atoms with Crippen molar-refractivity contribution in [3.8, 4) is 11.3 Å². The fraction of sp³-hybridized carbons (Fsp3) is 0.524. The summed E-state index contributed by atoms with van der Waals surface area (Å²) in [5.41, 5.74) is 0.705. The summed E-state index contributed by atoms with van der Waals surface area (Å²) in [6.07, 6.45) is 2.17. The number of halogens is 1. The Morgan fingerprint density at radius 1 is 1.31 bits per heavy atom. The van der Waals surface area contributed by atoms with Crippen molar-refractivity contribution in [1.29, 1.82) is 0 Å². The van der Waals surface area contributed by atoms with Crippen molar-refractivity contribution < 1.29 is 22.7 Å². The molecule has 3 heterocycles. The van der Waals surface area contributed by atoms with Crippen molar-refractivity contribution in [3.63, 3.8) is 0 Å². The molecule has 2 aliphatic heterocycles. The van der Waals surface area contributed by atoms with E-state index < -0.39 is 21.7 Å². The van der Waals surface area contributed by atoms with Crippen LogP contribution in [0.3, 0.4) is 0 Å². The van der Waals surface area contributed by atoms with E-state index in [4.69, 9.17) is 0 Å². The van der Waals surface area contributed by atoms with Gasteiger partial charge in [-0.3, -0.25) is 9.69 Å². The second kappa shape index (κ2) is 8.79. The third-order valence-electron chi connectivity index (χ3n) is 6.31. The predicted octanol–water partition coefficient (Wildman–Crippen LogP) is 2.06. The Balaban J connectivity index is 1.38. The highest BCUT2D eigenvalue weighted by Gasteiger charge is 2.52. The quantitative estimate of drug-likeness (QED) is 0.676. The molecule has 11 heteroatoms. The maximum atomic E-state index is 13.2. The summed E-state index contributed by atoms with van der Waals surface area (Å²) in [4.78, 5) is 19.8. The van der Waals surface area contributed by atoms with Crippen LogP contribution in [0.1, 0.15) is 24.1 Å². The van der Waals surface area contributed by atoms with Gasteiger partial charge >= 0.3 is 0 Å². The third-order valence-corrected chi connectivity index (χ3v) is 8.54. The van der Waals surface area contributed by atoms with Gasteiger partial charge in [0.2, 0.25) is 15.9 Å². The van der Waals surface area contributed by atoms with E-state index in [1.54, 1.807) is 12.1 Å². The van der Waals surface area contributed by atoms with Gasteiger partial charge in [-0.1, -0.05) is 0 Å². The Morgan fingerprint density at radius 2 is 2.03 bits per heavy atom. The van der Waals surface area contributed by atoms with Crippen LogP contribution in [-0.2, 0) is 14.8 Å². The molecule has 2 aliphatic rings. The van der Waals surface area contributed by atoms with Gasteiger partial charge in [-0.05, 0) is 50.5 Å². The van der Waals surface area contributed by atoms with E-state index in [1.807, 2.05) is 11.8 Å². The molecule has 4 rings (SSSR count). The van der Waals surface area contributed by atoms with Crippen molar-refractivity contribution in [2.75, 3.05) is 37.8 Å². The largest absolute Gasteiger partial charge is 0.390 e. The normalized spacial score (nSPS) is 24.8. The highest BCUT2D eigenvalue weighted by Crippen LogP contribution is 2.40. The minimum absolute atomic E-state index is 0.0799. The Hall–Kier alpha value is -1.92. The van der Waals surface area contributed by atoms with E-state index >= 15 is 0 Å². The zero-order chi connectivity index (χ0) is 23.1. The van der Waals surface area contributed by atoms with Crippen molar-refractivity contribution in [1.82, 2.24) is 14.2 Å². The lowest BCUT2D eigenvalue weighted by Crippen LogP contribution is -2.63. The number of rotatable bonds is 5. The second-order valence-corrected chi connectivity index (χ2v) is 11.6. The molecule has 32 heavy (non-hydrogen) atoms. The van der Waals surface area contributed by atoms with Gasteiger partial charge in [0.25, 0.3) is 0 Å². The van der Waals surface area contributed by atoms with E-state index in [-0.39, 0.29) is 24.8 Å². The second-order valence-electron chi connectivity index (χ2n) is 8.52. The van der Waals surface area contributed by atoms with Gasteiger partial charge in [0.15, 0.2) is 5.13 Å². The Labute approximate surface area is 191 Å². The number of hydrogen-bond acceptors (Lipinski definition) is 7. The molecule has 2 atom stereocenters. The number of sulfonamides is 1. The molecule has 1 aromatic carbocycles. The number of thiazole rings is 1. The summed E-state index contributed by atoms with van der Waals surface area (Å²) in [6.45, 7) is 3.15. The number of piperidine rings is 1. The van der Waals surface area contributed by atoms with Crippen LogP contribution in [0.4, 0.5) is 9.52 Å². The zero-order valence-electron chi connectivity index (χ0n) is 18.0. The van der Waals surface area contributed by atoms with Gasteiger partial charge in [-0.25, -0.2) is 17.8 Å². The molecule has 1 aromatic heterocycles. The van der Waals surface area contributed by atoms with Crippen LogP contribution in [-0.4, -0.2) is 77.7 Å². The topological polar surface area (TPSA) is 103 Å². The zero-order valence-corrected chi connectivity index (χ0v) is 19.7. The summed E-state index contributed by atoms with van der Waals surface area (Å²) >= 11 is 1.34. The molecule has 0 saturated carbocycles. The van der Waals surface area contributed by atoms with E-state index in [0.717, 1.165) is 16.9 Å². The van der Waals surface area contributed by atoms with Gasteiger partial charge in [-0.2, -0.15) is 4.31 Å². The number of aromatic nitrogens is 1. The first-order valence-electron chi connectivity index (χ1n) is 10.5. The van der Waals surface area contributed by atoms with E-state index in [2.05, 4.69) is 10.3 Å². The number of benzene rings is 1. The van der Waals surface area contributed by atoms with Crippen LogP contribution in [0.2, 0.25) is 0 Å². The van der Waals surface area contributed by atoms with Gasteiger partial charge in [0, 0.05) is 30.1 Å². The third kappa shape index (κ3) is 4.58. The van der Waals surface area contributed by atoms with Crippen LogP contribution in [0.25, 0.3) is 11.3 Å². The van der Waals surface area contributed by atoms with Crippen LogP contribution < -0.4 is 5.32 Å². The number of carbonyl (C=O) groups is 1. The van der Waals surface area contributed by atoms with Crippen molar-refractivity contribution in [2.45, 2.75) is 37.8 Å². The summed E-state index contributed by atoms with van der Waals surface area (Å²) in [7, 11) is -3.40. The van der Waals surface area contributed by atoms with Gasteiger partial charge in [0.05, 0.1) is 30.1 Å². The molecule has 2 aromatic rings. The fourth-order valence-corrected chi connectivity index (χ4v) is 7.09. The van der Waals surface area contributed by atoms with Crippen LogP contribution in [0, 0.1) is 12.7 Å². The van der Waals surface area contributed by atoms with E-state index in [0.29, 0.717) is 36.8 Å². The molecule has 0 radical (unpaired) electrons. The molecule has 1 spiro atoms. The molecular weight excluding hydrogens is 455 g/mol. The molecule has 0 bridgehead atoms. The number of nitrogens with one attached hydrogen (secondary N) is 1. The molecule has 0 unspecified atom stereocenters. The number of anilines is 1. The fourth-order valence-electron chi connectivity index (χ4n) is 4.81. The van der Waals surface area contributed by atoms with Crippen molar-refractivity contribution in [3.05, 3.63) is 35.0 Å². The Bertz CT molecular complexity index is 1110. The summed E-state index contributed by atoms with van der Waals surface area (Å²) < 4.78 is 39.0. The number of likely N-dealkylation sites (tertiary alicyclic amines) is 1.